The second kappa shape index (κ2) is 7.07. The molecule has 0 aromatic heterocycles. The van der Waals surface area contributed by atoms with Crippen LogP contribution in [0.25, 0.3) is 0 Å². The molecule has 6 heteroatoms. The quantitative estimate of drug-likeness (QED) is 0.847. The summed E-state index contributed by atoms with van der Waals surface area (Å²) in [6, 6.07) is 0.925. The second-order valence-electron chi connectivity index (χ2n) is 7.52. The Bertz CT molecular complexity index is 450. The van der Waals surface area contributed by atoms with Gasteiger partial charge in [-0.2, -0.15) is 0 Å². The van der Waals surface area contributed by atoms with E-state index in [9.17, 15) is 9.59 Å². The first kappa shape index (κ1) is 16.6. The van der Waals surface area contributed by atoms with Crippen LogP contribution in [0, 0.1) is 5.92 Å². The molecule has 3 fully saturated rings. The number of hydrogen-bond acceptors (Lipinski definition) is 3. The van der Waals surface area contributed by atoms with E-state index in [4.69, 9.17) is 0 Å². The molecule has 0 aromatic carbocycles. The van der Waals surface area contributed by atoms with E-state index in [0.29, 0.717) is 31.1 Å². The lowest BCUT2D eigenvalue weighted by Crippen LogP contribution is -2.46. The predicted molar refractivity (Wildman–Crippen MR) is 89.1 cm³/mol. The molecule has 0 aromatic rings. The highest BCUT2D eigenvalue weighted by atomic mass is 16.2. The summed E-state index contributed by atoms with van der Waals surface area (Å²) in [5.41, 5.74) is 0. The summed E-state index contributed by atoms with van der Waals surface area (Å²) in [5.74, 6) is 0.578. The third kappa shape index (κ3) is 4.16. The minimum Gasteiger partial charge on any atom is -0.341 e. The van der Waals surface area contributed by atoms with Crippen molar-refractivity contribution in [3.05, 3.63) is 0 Å². The van der Waals surface area contributed by atoms with Crippen LogP contribution in [0.4, 0.5) is 4.79 Å². The first-order valence-corrected chi connectivity index (χ1v) is 9.05. The summed E-state index contributed by atoms with van der Waals surface area (Å²) in [6.07, 6.45) is 6.24. The van der Waals surface area contributed by atoms with Gasteiger partial charge in [-0.1, -0.05) is 0 Å². The van der Waals surface area contributed by atoms with Crippen LogP contribution in [0.1, 0.15) is 38.5 Å². The molecule has 0 bridgehead atoms. The smallest absolute Gasteiger partial charge is 0.317 e. The Hall–Kier alpha value is -1.30. The molecule has 1 aliphatic heterocycles. The summed E-state index contributed by atoms with van der Waals surface area (Å²) in [4.78, 5) is 30.8. The number of urea groups is 1. The fourth-order valence-electron chi connectivity index (χ4n) is 3.75. The van der Waals surface area contributed by atoms with Crippen molar-refractivity contribution in [3.63, 3.8) is 0 Å². The van der Waals surface area contributed by atoms with E-state index in [0.717, 1.165) is 51.6 Å². The number of nitrogens with zero attached hydrogens (tertiary/aromatic N) is 3. The summed E-state index contributed by atoms with van der Waals surface area (Å²) in [5, 5.41) is 3.20. The van der Waals surface area contributed by atoms with Crippen molar-refractivity contribution in [2.24, 2.45) is 5.92 Å². The highest BCUT2D eigenvalue weighted by Crippen LogP contribution is 2.31. The lowest BCUT2D eigenvalue weighted by atomic mass is 10.2. The van der Waals surface area contributed by atoms with Crippen LogP contribution >= 0.6 is 0 Å². The van der Waals surface area contributed by atoms with Crippen molar-refractivity contribution in [2.75, 3.05) is 40.3 Å². The average Bonchev–Trinajstić information content (AvgIpc) is 3.30. The monoisotopic (exact) mass is 322 g/mol. The van der Waals surface area contributed by atoms with Crippen LogP contribution in [0.3, 0.4) is 0 Å². The molecule has 0 radical (unpaired) electrons. The van der Waals surface area contributed by atoms with E-state index < -0.39 is 0 Å². The number of carbonyl (C=O) groups excluding carboxylic acids is 2. The van der Waals surface area contributed by atoms with E-state index in [2.05, 4.69) is 24.3 Å². The summed E-state index contributed by atoms with van der Waals surface area (Å²) < 4.78 is 0. The molecular formula is C17H30N4O2. The topological polar surface area (TPSA) is 55.9 Å². The molecule has 2 aliphatic carbocycles. The molecule has 1 saturated heterocycles. The molecule has 1 heterocycles. The van der Waals surface area contributed by atoms with Crippen LogP contribution in [0.15, 0.2) is 0 Å². The Morgan fingerprint density at radius 1 is 0.957 bits per heavy atom. The van der Waals surface area contributed by atoms with Gasteiger partial charge in [-0.3, -0.25) is 4.79 Å². The van der Waals surface area contributed by atoms with E-state index in [1.165, 1.54) is 0 Å². The standard InChI is InChI=1S/C17H30N4O2/c1-19(2)15-7-6-14(12-15)18-17(23)21-9-3-8-20(10-11-21)16(22)13-4-5-13/h13-15H,3-12H2,1-2H3,(H,18,23)/t14-,15+/m0/s1. The van der Waals surface area contributed by atoms with Gasteiger partial charge in [0, 0.05) is 44.2 Å². The van der Waals surface area contributed by atoms with Crippen molar-refractivity contribution in [3.8, 4) is 0 Å². The Kier molecular flexibility index (Phi) is 5.09. The van der Waals surface area contributed by atoms with E-state index in [-0.39, 0.29) is 11.9 Å². The van der Waals surface area contributed by atoms with Gasteiger partial charge in [0.15, 0.2) is 0 Å². The van der Waals surface area contributed by atoms with Crippen molar-refractivity contribution in [2.45, 2.75) is 50.6 Å². The maximum atomic E-state index is 12.5. The van der Waals surface area contributed by atoms with Crippen LogP contribution in [-0.2, 0) is 4.79 Å². The number of rotatable bonds is 3. The number of amides is 3. The molecule has 130 valence electrons. The second-order valence-corrected chi connectivity index (χ2v) is 7.52. The Balaban J connectivity index is 1.45. The van der Waals surface area contributed by atoms with Gasteiger partial charge in [0.2, 0.25) is 5.91 Å². The number of carbonyl (C=O) groups is 2. The predicted octanol–water partition coefficient (Wildman–Crippen LogP) is 1.12. The Morgan fingerprint density at radius 2 is 1.65 bits per heavy atom. The highest BCUT2D eigenvalue weighted by molar-refractivity contribution is 5.81. The first-order chi connectivity index (χ1) is 11.0. The molecule has 3 aliphatic rings. The summed E-state index contributed by atoms with van der Waals surface area (Å²) in [7, 11) is 4.21. The molecule has 23 heavy (non-hydrogen) atoms. The Labute approximate surface area is 139 Å². The lowest BCUT2D eigenvalue weighted by Gasteiger charge is -2.25. The first-order valence-electron chi connectivity index (χ1n) is 9.05. The lowest BCUT2D eigenvalue weighted by molar-refractivity contribution is -0.132. The van der Waals surface area contributed by atoms with Crippen LogP contribution in [-0.4, -0.2) is 79.0 Å². The van der Waals surface area contributed by atoms with Gasteiger partial charge in [0.05, 0.1) is 0 Å². The van der Waals surface area contributed by atoms with Gasteiger partial charge in [-0.25, -0.2) is 4.79 Å². The van der Waals surface area contributed by atoms with Crippen molar-refractivity contribution in [1.29, 1.82) is 0 Å². The molecule has 6 nitrogen and oxygen atoms in total. The maximum Gasteiger partial charge on any atom is 0.317 e. The average molecular weight is 322 g/mol. The molecule has 2 atom stereocenters. The van der Waals surface area contributed by atoms with Gasteiger partial charge in [0.25, 0.3) is 0 Å². The molecule has 0 spiro atoms. The number of hydrogen-bond donors (Lipinski definition) is 1. The van der Waals surface area contributed by atoms with Gasteiger partial charge in [-0.15, -0.1) is 0 Å². The molecule has 3 amide bonds. The van der Waals surface area contributed by atoms with Gasteiger partial charge in [-0.05, 0) is 52.6 Å². The van der Waals surface area contributed by atoms with Crippen LogP contribution in [0.2, 0.25) is 0 Å². The maximum absolute atomic E-state index is 12.5. The largest absolute Gasteiger partial charge is 0.341 e. The molecule has 1 N–H and O–H groups in total. The summed E-state index contributed by atoms with van der Waals surface area (Å²) >= 11 is 0. The van der Waals surface area contributed by atoms with Gasteiger partial charge in [0.1, 0.15) is 0 Å². The zero-order chi connectivity index (χ0) is 16.4. The molecule has 0 unspecified atom stereocenters. The fourth-order valence-corrected chi connectivity index (χ4v) is 3.75. The van der Waals surface area contributed by atoms with Gasteiger partial charge < -0.3 is 20.0 Å². The van der Waals surface area contributed by atoms with E-state index >= 15 is 0 Å². The highest BCUT2D eigenvalue weighted by Gasteiger charge is 2.34. The normalized spacial score (nSPS) is 28.8. The van der Waals surface area contributed by atoms with Crippen LogP contribution in [0.5, 0.6) is 0 Å². The van der Waals surface area contributed by atoms with Gasteiger partial charge >= 0.3 is 6.03 Å². The molecule has 3 rings (SSSR count). The zero-order valence-corrected chi connectivity index (χ0v) is 14.5. The third-order valence-corrected chi connectivity index (χ3v) is 5.48. The van der Waals surface area contributed by atoms with E-state index in [1.54, 1.807) is 0 Å². The minimum atomic E-state index is 0.0510. The number of nitrogens with one attached hydrogen (secondary N) is 1. The molecule has 2 saturated carbocycles. The SMILES string of the molecule is CN(C)[C@@H]1CC[C@H](NC(=O)N2CCCN(C(=O)C3CC3)CC2)C1. The minimum absolute atomic E-state index is 0.0510. The van der Waals surface area contributed by atoms with E-state index in [1.807, 2.05) is 9.80 Å². The van der Waals surface area contributed by atoms with Crippen molar-refractivity contribution < 1.29 is 9.59 Å². The van der Waals surface area contributed by atoms with Crippen molar-refractivity contribution >= 4 is 11.9 Å². The Morgan fingerprint density at radius 3 is 2.30 bits per heavy atom. The zero-order valence-electron chi connectivity index (χ0n) is 14.5. The fraction of sp³-hybridized carbons (Fsp3) is 0.882. The third-order valence-electron chi connectivity index (χ3n) is 5.48. The van der Waals surface area contributed by atoms with Crippen LogP contribution < -0.4 is 5.32 Å². The molecular weight excluding hydrogens is 292 g/mol. The summed E-state index contributed by atoms with van der Waals surface area (Å²) in [6.45, 7) is 2.90. The van der Waals surface area contributed by atoms with Crippen molar-refractivity contribution in [1.82, 2.24) is 20.0 Å².